The van der Waals surface area contributed by atoms with Crippen LogP contribution in [0.5, 0.6) is 0 Å². The second-order valence-electron chi connectivity index (χ2n) is 6.95. The standard InChI is InChI=1S/C18H28/c1-2-7-16(8-3-1)10-11-17-9-6-14-18(15-17)12-4-5-13-18/h10-11H,1-9,12-15H2/b17-11+. The maximum Gasteiger partial charge on any atom is -0.0260 e. The van der Waals surface area contributed by atoms with Crippen molar-refractivity contribution in [2.45, 2.75) is 83.5 Å². The van der Waals surface area contributed by atoms with Gasteiger partial charge < -0.3 is 0 Å². The molecular weight excluding hydrogens is 216 g/mol. The lowest BCUT2D eigenvalue weighted by Gasteiger charge is -2.34. The van der Waals surface area contributed by atoms with E-state index in [2.05, 4.69) is 12.2 Å². The van der Waals surface area contributed by atoms with E-state index in [1.165, 1.54) is 83.5 Å². The molecule has 0 atom stereocenters. The van der Waals surface area contributed by atoms with Gasteiger partial charge in [-0.25, -0.2) is 0 Å². The SMILES string of the molecule is C(/C=C1\CCCC2(CCCC2)C1)=C1CCCCC1. The van der Waals surface area contributed by atoms with Gasteiger partial charge in [-0.15, -0.1) is 0 Å². The molecule has 3 rings (SSSR count). The highest BCUT2D eigenvalue weighted by atomic mass is 14.4. The van der Waals surface area contributed by atoms with Crippen LogP contribution in [-0.2, 0) is 0 Å². The monoisotopic (exact) mass is 244 g/mol. The van der Waals surface area contributed by atoms with Crippen LogP contribution in [0, 0.1) is 5.41 Å². The molecule has 0 amide bonds. The lowest BCUT2D eigenvalue weighted by Crippen LogP contribution is -2.21. The Morgan fingerprint density at radius 1 is 0.611 bits per heavy atom. The van der Waals surface area contributed by atoms with E-state index in [1.54, 1.807) is 11.1 Å². The molecule has 0 bridgehead atoms. The molecule has 3 aliphatic carbocycles. The van der Waals surface area contributed by atoms with Crippen LogP contribution in [0.15, 0.2) is 23.3 Å². The second-order valence-corrected chi connectivity index (χ2v) is 6.95. The van der Waals surface area contributed by atoms with Crippen molar-refractivity contribution in [3.05, 3.63) is 23.3 Å². The van der Waals surface area contributed by atoms with Crippen molar-refractivity contribution in [3.8, 4) is 0 Å². The summed E-state index contributed by atoms with van der Waals surface area (Å²) in [5, 5.41) is 0. The van der Waals surface area contributed by atoms with Crippen LogP contribution < -0.4 is 0 Å². The Hall–Kier alpha value is -0.520. The molecule has 3 saturated carbocycles. The minimum absolute atomic E-state index is 0.745. The molecule has 1 spiro atoms. The van der Waals surface area contributed by atoms with Gasteiger partial charge in [0.25, 0.3) is 0 Å². The molecule has 100 valence electrons. The van der Waals surface area contributed by atoms with Crippen molar-refractivity contribution in [1.29, 1.82) is 0 Å². The Kier molecular flexibility index (Phi) is 3.91. The average Bonchev–Trinajstić information content (AvgIpc) is 2.86. The smallest absolute Gasteiger partial charge is 0.0260 e. The Morgan fingerprint density at radius 2 is 1.22 bits per heavy atom. The van der Waals surface area contributed by atoms with E-state index in [4.69, 9.17) is 0 Å². The second kappa shape index (κ2) is 5.63. The van der Waals surface area contributed by atoms with E-state index in [-0.39, 0.29) is 0 Å². The largest absolute Gasteiger partial charge is 0.0702 e. The van der Waals surface area contributed by atoms with Gasteiger partial charge in [-0.1, -0.05) is 42.6 Å². The maximum absolute atomic E-state index is 2.51. The average molecular weight is 244 g/mol. The number of rotatable bonds is 1. The van der Waals surface area contributed by atoms with E-state index in [1.807, 2.05) is 0 Å². The van der Waals surface area contributed by atoms with Crippen LogP contribution >= 0.6 is 0 Å². The fourth-order valence-electron chi connectivity index (χ4n) is 4.45. The Morgan fingerprint density at radius 3 is 2.00 bits per heavy atom. The fraction of sp³-hybridized carbons (Fsp3) is 0.778. The Bertz CT molecular complexity index is 331. The molecule has 0 aromatic heterocycles. The third-order valence-electron chi connectivity index (χ3n) is 5.52. The molecule has 0 radical (unpaired) electrons. The van der Waals surface area contributed by atoms with Crippen molar-refractivity contribution in [3.63, 3.8) is 0 Å². The van der Waals surface area contributed by atoms with Crippen molar-refractivity contribution in [1.82, 2.24) is 0 Å². The van der Waals surface area contributed by atoms with E-state index in [9.17, 15) is 0 Å². The number of allylic oxidation sites excluding steroid dienone is 4. The first-order valence-corrected chi connectivity index (χ1v) is 8.24. The highest BCUT2D eigenvalue weighted by Crippen LogP contribution is 2.50. The van der Waals surface area contributed by atoms with Crippen molar-refractivity contribution >= 4 is 0 Å². The van der Waals surface area contributed by atoms with E-state index in [0.717, 1.165) is 5.41 Å². The number of hydrogen-bond donors (Lipinski definition) is 0. The molecule has 3 fully saturated rings. The maximum atomic E-state index is 2.51. The van der Waals surface area contributed by atoms with E-state index < -0.39 is 0 Å². The number of hydrogen-bond acceptors (Lipinski definition) is 0. The third kappa shape index (κ3) is 2.90. The fourth-order valence-corrected chi connectivity index (χ4v) is 4.45. The quantitative estimate of drug-likeness (QED) is 0.535. The molecule has 0 heterocycles. The van der Waals surface area contributed by atoms with Gasteiger partial charge in [0.15, 0.2) is 0 Å². The summed E-state index contributed by atoms with van der Waals surface area (Å²) < 4.78 is 0. The minimum Gasteiger partial charge on any atom is -0.0702 e. The topological polar surface area (TPSA) is 0 Å². The molecule has 0 aromatic carbocycles. The van der Waals surface area contributed by atoms with Gasteiger partial charge >= 0.3 is 0 Å². The van der Waals surface area contributed by atoms with E-state index in [0.29, 0.717) is 0 Å². The predicted octanol–water partition coefficient (Wildman–Crippen LogP) is 5.94. The zero-order chi connectivity index (χ0) is 12.3. The van der Waals surface area contributed by atoms with Gasteiger partial charge in [0.2, 0.25) is 0 Å². The van der Waals surface area contributed by atoms with Gasteiger partial charge in [-0.3, -0.25) is 0 Å². The molecule has 0 heteroatoms. The first-order chi connectivity index (χ1) is 8.86. The molecule has 0 aromatic rings. The van der Waals surface area contributed by atoms with Gasteiger partial charge in [0.1, 0.15) is 0 Å². The van der Waals surface area contributed by atoms with Crippen LogP contribution in [0.3, 0.4) is 0 Å². The zero-order valence-electron chi connectivity index (χ0n) is 11.8. The van der Waals surface area contributed by atoms with Crippen molar-refractivity contribution in [2.24, 2.45) is 5.41 Å². The lowest BCUT2D eigenvalue weighted by atomic mass is 9.71. The summed E-state index contributed by atoms with van der Waals surface area (Å²) in [6, 6.07) is 0. The van der Waals surface area contributed by atoms with Crippen LogP contribution in [0.25, 0.3) is 0 Å². The Balaban J connectivity index is 1.64. The molecule has 18 heavy (non-hydrogen) atoms. The molecule has 0 nitrogen and oxygen atoms in total. The van der Waals surface area contributed by atoms with Gasteiger partial charge in [0, 0.05) is 0 Å². The summed E-state index contributed by atoms with van der Waals surface area (Å²) in [5.41, 5.74) is 4.23. The third-order valence-corrected chi connectivity index (χ3v) is 5.52. The highest BCUT2D eigenvalue weighted by Gasteiger charge is 2.36. The molecular formula is C18H28. The van der Waals surface area contributed by atoms with Crippen molar-refractivity contribution in [2.75, 3.05) is 0 Å². The summed E-state index contributed by atoms with van der Waals surface area (Å²) in [5.74, 6) is 0. The van der Waals surface area contributed by atoms with Crippen LogP contribution in [0.1, 0.15) is 83.5 Å². The highest BCUT2D eigenvalue weighted by molar-refractivity contribution is 5.21. The van der Waals surface area contributed by atoms with Gasteiger partial charge in [-0.05, 0) is 69.6 Å². The summed E-state index contributed by atoms with van der Waals surface area (Å²) in [6.07, 6.45) is 23.9. The lowest BCUT2D eigenvalue weighted by molar-refractivity contribution is 0.234. The normalized spacial score (nSPS) is 30.0. The van der Waals surface area contributed by atoms with Crippen LogP contribution in [-0.4, -0.2) is 0 Å². The first-order valence-electron chi connectivity index (χ1n) is 8.24. The van der Waals surface area contributed by atoms with Gasteiger partial charge in [-0.2, -0.15) is 0 Å². The predicted molar refractivity (Wildman–Crippen MR) is 78.6 cm³/mol. The first kappa shape index (κ1) is 12.5. The molecule has 0 aliphatic heterocycles. The Labute approximate surface area is 113 Å². The summed E-state index contributed by atoms with van der Waals surface area (Å²) >= 11 is 0. The van der Waals surface area contributed by atoms with Gasteiger partial charge in [0.05, 0.1) is 0 Å². The summed E-state index contributed by atoms with van der Waals surface area (Å²) in [7, 11) is 0. The summed E-state index contributed by atoms with van der Waals surface area (Å²) in [6.45, 7) is 0. The van der Waals surface area contributed by atoms with Crippen LogP contribution in [0.2, 0.25) is 0 Å². The molecule has 3 aliphatic rings. The van der Waals surface area contributed by atoms with E-state index >= 15 is 0 Å². The molecule has 0 saturated heterocycles. The van der Waals surface area contributed by atoms with Crippen molar-refractivity contribution < 1.29 is 0 Å². The molecule has 0 unspecified atom stereocenters. The minimum atomic E-state index is 0.745. The zero-order valence-corrected chi connectivity index (χ0v) is 11.8. The molecule has 0 N–H and O–H groups in total. The van der Waals surface area contributed by atoms with Crippen LogP contribution in [0.4, 0.5) is 0 Å². The summed E-state index contributed by atoms with van der Waals surface area (Å²) in [4.78, 5) is 0.